The van der Waals surface area contributed by atoms with E-state index in [1.165, 1.54) is 4.57 Å². The Morgan fingerprint density at radius 2 is 1.72 bits per heavy atom. The Labute approximate surface area is 184 Å². The molecule has 0 spiro atoms. The van der Waals surface area contributed by atoms with E-state index in [9.17, 15) is 14.4 Å². The molecule has 32 heavy (non-hydrogen) atoms. The lowest BCUT2D eigenvalue weighted by Crippen LogP contribution is -2.41. The van der Waals surface area contributed by atoms with Crippen LogP contribution in [0.15, 0.2) is 64.2 Å². The van der Waals surface area contributed by atoms with Gasteiger partial charge in [0.2, 0.25) is 5.95 Å². The first-order valence-corrected chi connectivity index (χ1v) is 10.6. The number of aryl methyl sites for hydroxylation is 3. The number of carbonyl (C=O) groups is 1. The van der Waals surface area contributed by atoms with Gasteiger partial charge in [-0.2, -0.15) is 4.98 Å². The molecule has 0 bridgehead atoms. The molecule has 3 heterocycles. The second kappa shape index (κ2) is 7.64. The van der Waals surface area contributed by atoms with Gasteiger partial charge in [0, 0.05) is 31.4 Å². The number of imidazole rings is 1. The number of benzene rings is 2. The van der Waals surface area contributed by atoms with E-state index >= 15 is 0 Å². The van der Waals surface area contributed by atoms with Crippen molar-refractivity contribution < 1.29 is 4.79 Å². The lowest BCUT2D eigenvalue weighted by atomic mass is 10.1. The Bertz CT molecular complexity index is 1450. The highest BCUT2D eigenvalue weighted by Gasteiger charge is 2.27. The van der Waals surface area contributed by atoms with Crippen LogP contribution in [0, 0.1) is 6.92 Å². The van der Waals surface area contributed by atoms with Crippen molar-refractivity contribution in [2.75, 3.05) is 11.4 Å². The fourth-order valence-electron chi connectivity index (χ4n) is 4.23. The highest BCUT2D eigenvalue weighted by Crippen LogP contribution is 2.31. The predicted octanol–water partition coefficient (Wildman–Crippen LogP) is 2.63. The average Bonchev–Trinajstić information content (AvgIpc) is 3.21. The molecule has 0 atom stereocenters. The number of carbonyl (C=O) groups excluding carboxylic acids is 1. The summed E-state index contributed by atoms with van der Waals surface area (Å²) >= 11 is 0. The van der Waals surface area contributed by atoms with Crippen molar-refractivity contribution in [3.8, 4) is 0 Å². The number of Topliss-reactive ketones (excluding diaryl/α,β-unsaturated/α-hetero) is 1. The fraction of sp³-hybridized carbons (Fsp3) is 0.250. The minimum absolute atomic E-state index is 0.288. The Kier molecular flexibility index (Phi) is 4.77. The van der Waals surface area contributed by atoms with Gasteiger partial charge >= 0.3 is 5.69 Å². The van der Waals surface area contributed by atoms with Gasteiger partial charge in [0.25, 0.3) is 5.56 Å². The lowest BCUT2D eigenvalue weighted by Gasteiger charge is -2.29. The summed E-state index contributed by atoms with van der Waals surface area (Å²) in [5, 5.41) is 0. The Hall–Kier alpha value is -3.94. The molecule has 0 saturated carbocycles. The van der Waals surface area contributed by atoms with Crippen LogP contribution in [0.25, 0.3) is 11.2 Å². The molecule has 0 N–H and O–H groups in total. The van der Waals surface area contributed by atoms with Crippen molar-refractivity contribution in [3.63, 3.8) is 0 Å². The maximum Gasteiger partial charge on any atom is 0.332 e. The summed E-state index contributed by atoms with van der Waals surface area (Å²) in [6.07, 6.45) is 0.831. The van der Waals surface area contributed by atoms with E-state index in [4.69, 9.17) is 0 Å². The largest absolute Gasteiger partial charge is 0.332 e. The topological polar surface area (TPSA) is 82.1 Å². The monoisotopic (exact) mass is 429 g/mol. The van der Waals surface area contributed by atoms with Crippen molar-refractivity contribution in [1.29, 1.82) is 0 Å². The van der Waals surface area contributed by atoms with Crippen LogP contribution in [-0.4, -0.2) is 31.0 Å². The van der Waals surface area contributed by atoms with Gasteiger partial charge in [-0.15, -0.1) is 0 Å². The number of aromatic nitrogens is 4. The molecule has 5 rings (SSSR count). The summed E-state index contributed by atoms with van der Waals surface area (Å²) in [7, 11) is 1.59. The number of fused-ring (bicyclic) bond motifs is 3. The fourth-order valence-corrected chi connectivity index (χ4v) is 4.23. The van der Waals surface area contributed by atoms with Crippen molar-refractivity contribution in [3.05, 3.63) is 86.6 Å². The van der Waals surface area contributed by atoms with Gasteiger partial charge in [-0.1, -0.05) is 48.0 Å². The Morgan fingerprint density at radius 3 is 2.44 bits per heavy atom. The van der Waals surface area contributed by atoms with Gasteiger partial charge in [0.1, 0.15) is 0 Å². The average molecular weight is 429 g/mol. The van der Waals surface area contributed by atoms with Crippen molar-refractivity contribution in [2.24, 2.45) is 7.05 Å². The molecule has 1 aliphatic rings. The van der Waals surface area contributed by atoms with E-state index in [1.54, 1.807) is 31.3 Å². The molecule has 0 radical (unpaired) electrons. The number of nitrogens with zero attached hydrogens (tertiary/aromatic N) is 5. The summed E-state index contributed by atoms with van der Waals surface area (Å²) in [6, 6.07) is 16.8. The first-order chi connectivity index (χ1) is 15.5. The quantitative estimate of drug-likeness (QED) is 0.466. The third kappa shape index (κ3) is 3.15. The molecular formula is C24H23N5O3. The minimum Gasteiger partial charge on any atom is -0.312 e. The van der Waals surface area contributed by atoms with Gasteiger partial charge in [-0.05, 0) is 25.5 Å². The van der Waals surface area contributed by atoms with E-state index < -0.39 is 11.2 Å². The first-order valence-electron chi connectivity index (χ1n) is 10.6. The highest BCUT2D eigenvalue weighted by molar-refractivity contribution is 5.96. The molecular weight excluding hydrogens is 406 g/mol. The standard InChI is InChI=1S/C24H23N5O3/c1-16-9-11-18(12-10-16)27-13-6-14-28-20-21(25-23(27)28)26(2)24(32)29(22(20)31)15-19(30)17-7-4-3-5-8-17/h3-5,7-12H,6,13-15H2,1-2H3. The van der Waals surface area contributed by atoms with Gasteiger partial charge in [0.15, 0.2) is 16.9 Å². The zero-order valence-corrected chi connectivity index (χ0v) is 18.0. The molecule has 8 heteroatoms. The molecule has 162 valence electrons. The molecule has 0 saturated heterocycles. The minimum atomic E-state index is -0.552. The summed E-state index contributed by atoms with van der Waals surface area (Å²) in [6.45, 7) is 3.10. The lowest BCUT2D eigenvalue weighted by molar-refractivity contribution is 0.0969. The zero-order valence-electron chi connectivity index (χ0n) is 18.0. The molecule has 2 aromatic heterocycles. The van der Waals surface area contributed by atoms with E-state index in [1.807, 2.05) is 41.8 Å². The molecule has 1 aliphatic heterocycles. The van der Waals surface area contributed by atoms with Gasteiger partial charge < -0.3 is 9.47 Å². The van der Waals surface area contributed by atoms with E-state index in [0.29, 0.717) is 29.2 Å². The molecule has 8 nitrogen and oxygen atoms in total. The molecule has 2 aromatic carbocycles. The maximum atomic E-state index is 13.4. The highest BCUT2D eigenvalue weighted by atomic mass is 16.2. The molecule has 0 unspecified atom stereocenters. The third-order valence-corrected chi connectivity index (χ3v) is 5.96. The van der Waals surface area contributed by atoms with Crippen molar-refractivity contribution >= 4 is 28.6 Å². The van der Waals surface area contributed by atoms with Gasteiger partial charge in [0.05, 0.1) is 6.54 Å². The summed E-state index contributed by atoms with van der Waals surface area (Å²) in [5.41, 5.74) is 2.24. The number of ketones is 1. The van der Waals surface area contributed by atoms with Gasteiger partial charge in [-0.25, -0.2) is 4.79 Å². The smallest absolute Gasteiger partial charge is 0.312 e. The van der Waals surface area contributed by atoms with Crippen molar-refractivity contribution in [1.82, 2.24) is 18.7 Å². The summed E-state index contributed by atoms with van der Waals surface area (Å²) in [4.78, 5) is 45.9. The maximum absolute atomic E-state index is 13.4. The number of anilines is 2. The molecule has 0 amide bonds. The Morgan fingerprint density at radius 1 is 1.00 bits per heavy atom. The normalized spacial score (nSPS) is 13.4. The third-order valence-electron chi connectivity index (χ3n) is 5.96. The number of hydrogen-bond donors (Lipinski definition) is 0. The van der Waals surface area contributed by atoms with E-state index in [0.717, 1.165) is 28.8 Å². The predicted molar refractivity (Wildman–Crippen MR) is 123 cm³/mol. The second-order valence-electron chi connectivity index (χ2n) is 8.10. The zero-order chi connectivity index (χ0) is 22.4. The SMILES string of the molecule is Cc1ccc(N2CCCn3c2nc2c3c(=O)n(CC(=O)c3ccccc3)c(=O)n2C)cc1. The van der Waals surface area contributed by atoms with Crippen LogP contribution in [-0.2, 0) is 20.1 Å². The number of hydrogen-bond acceptors (Lipinski definition) is 5. The van der Waals surface area contributed by atoms with Crippen LogP contribution in [0.4, 0.5) is 11.6 Å². The Balaban J connectivity index is 1.65. The van der Waals surface area contributed by atoms with E-state index in [-0.39, 0.29) is 12.3 Å². The summed E-state index contributed by atoms with van der Waals surface area (Å²) in [5.74, 6) is 0.346. The number of rotatable bonds is 4. The van der Waals surface area contributed by atoms with Crippen molar-refractivity contribution in [2.45, 2.75) is 26.4 Å². The molecule has 0 fully saturated rings. The van der Waals surface area contributed by atoms with E-state index in [2.05, 4.69) is 9.88 Å². The van der Waals surface area contributed by atoms with Crippen LogP contribution in [0.3, 0.4) is 0 Å². The van der Waals surface area contributed by atoms with Crippen LogP contribution in [0.1, 0.15) is 22.3 Å². The van der Waals surface area contributed by atoms with Gasteiger partial charge in [-0.3, -0.25) is 18.7 Å². The summed E-state index contributed by atoms with van der Waals surface area (Å²) < 4.78 is 4.23. The van der Waals surface area contributed by atoms with Crippen LogP contribution in [0.5, 0.6) is 0 Å². The van der Waals surface area contributed by atoms with Crippen LogP contribution < -0.4 is 16.1 Å². The first kappa shape index (κ1) is 20.0. The van der Waals surface area contributed by atoms with Crippen LogP contribution >= 0.6 is 0 Å². The van der Waals surface area contributed by atoms with Crippen LogP contribution in [0.2, 0.25) is 0 Å². The second-order valence-corrected chi connectivity index (χ2v) is 8.10. The molecule has 4 aromatic rings. The molecule has 0 aliphatic carbocycles.